The molecule has 1 radical (unpaired) electrons. The Kier molecular flexibility index (Phi) is 2.86. The molecule has 75 valence electrons. The highest BCUT2D eigenvalue weighted by Crippen LogP contribution is 2.15. The van der Waals surface area contributed by atoms with Gasteiger partial charge in [-0.1, -0.05) is 11.6 Å². The zero-order valence-electron chi connectivity index (χ0n) is 7.41. The van der Waals surface area contributed by atoms with Crippen molar-refractivity contribution in [2.75, 3.05) is 6.26 Å². The highest BCUT2D eigenvalue weighted by atomic mass is 35.5. The van der Waals surface area contributed by atoms with Gasteiger partial charge in [0.05, 0.1) is 11.3 Å². The van der Waals surface area contributed by atoms with Crippen LogP contribution in [0, 0.1) is 6.92 Å². The average molecular weight is 234 g/mol. The molecule has 0 amide bonds. The molecule has 7 heteroatoms. The van der Waals surface area contributed by atoms with Crippen molar-refractivity contribution >= 4 is 27.7 Å². The fraction of sp³-hybridized carbons (Fsp3) is 0.286. The van der Waals surface area contributed by atoms with Gasteiger partial charge in [0.2, 0.25) is 21.3 Å². The minimum absolute atomic E-state index is 0.0148. The van der Waals surface area contributed by atoms with Crippen molar-refractivity contribution in [3.05, 3.63) is 16.4 Å². The second-order valence-corrected chi connectivity index (χ2v) is 4.90. The number of nitrogens with zero attached hydrogens (tertiary/aromatic N) is 2. The molecule has 0 unspecified atom stereocenters. The Hall–Kier alpha value is -1.01. The van der Waals surface area contributed by atoms with E-state index in [1.807, 2.05) is 0 Å². The van der Waals surface area contributed by atoms with Crippen molar-refractivity contribution in [2.45, 2.75) is 12.1 Å². The second kappa shape index (κ2) is 3.62. The SMILES string of the molecule is Cc1nc(S(C)(=O)=O)nc(Cl)c1[C]=O. The van der Waals surface area contributed by atoms with Crippen LogP contribution in [-0.4, -0.2) is 30.9 Å². The number of halogens is 1. The molecule has 0 aromatic carbocycles. The fourth-order valence-corrected chi connectivity index (χ4v) is 1.66. The molecule has 1 rings (SSSR count). The first-order valence-corrected chi connectivity index (χ1v) is 5.75. The summed E-state index contributed by atoms with van der Waals surface area (Å²) in [5, 5.41) is -0.591. The standard InChI is InChI=1S/C7H6ClN2O3S/c1-4-5(3-11)6(8)10-7(9-4)14(2,12)13/h1-2H3. The molecule has 0 fully saturated rings. The van der Waals surface area contributed by atoms with Crippen LogP contribution in [0.2, 0.25) is 5.15 Å². The summed E-state index contributed by atoms with van der Waals surface area (Å²) in [4.78, 5) is 17.5. The fourth-order valence-electron chi connectivity index (χ4n) is 0.795. The van der Waals surface area contributed by atoms with E-state index in [1.165, 1.54) is 6.92 Å². The van der Waals surface area contributed by atoms with E-state index in [2.05, 4.69) is 9.97 Å². The van der Waals surface area contributed by atoms with Crippen molar-refractivity contribution < 1.29 is 13.2 Å². The molecule has 0 saturated carbocycles. The summed E-state index contributed by atoms with van der Waals surface area (Å²) in [6.07, 6.45) is 2.50. The summed E-state index contributed by atoms with van der Waals surface area (Å²) in [6, 6.07) is 0. The Balaban J connectivity index is 3.50. The molecule has 5 nitrogen and oxygen atoms in total. The van der Waals surface area contributed by atoms with E-state index in [0.717, 1.165) is 6.26 Å². The zero-order valence-corrected chi connectivity index (χ0v) is 8.98. The lowest BCUT2D eigenvalue weighted by Gasteiger charge is -2.02. The largest absolute Gasteiger partial charge is 0.285 e. The Morgan fingerprint density at radius 2 is 1.93 bits per heavy atom. The zero-order chi connectivity index (χ0) is 10.9. The summed E-state index contributed by atoms with van der Waals surface area (Å²) < 4.78 is 22.1. The van der Waals surface area contributed by atoms with Crippen molar-refractivity contribution in [1.82, 2.24) is 9.97 Å². The maximum atomic E-state index is 11.1. The summed E-state index contributed by atoms with van der Waals surface area (Å²) in [5.41, 5.74) is 0.180. The van der Waals surface area contributed by atoms with E-state index in [1.54, 1.807) is 6.29 Å². The smallest absolute Gasteiger partial charge is 0.248 e. The van der Waals surface area contributed by atoms with Crippen LogP contribution in [0.15, 0.2) is 5.16 Å². The van der Waals surface area contributed by atoms with Crippen molar-refractivity contribution in [2.24, 2.45) is 0 Å². The van der Waals surface area contributed by atoms with Crippen LogP contribution in [0.25, 0.3) is 0 Å². The molecule has 0 atom stereocenters. The van der Waals surface area contributed by atoms with E-state index >= 15 is 0 Å². The first-order chi connectivity index (χ1) is 6.36. The summed E-state index contributed by atoms with van der Waals surface area (Å²) >= 11 is 5.56. The van der Waals surface area contributed by atoms with Crippen LogP contribution in [0.4, 0.5) is 0 Å². The molecular weight excluding hydrogens is 228 g/mol. The van der Waals surface area contributed by atoms with E-state index in [0.29, 0.717) is 0 Å². The maximum absolute atomic E-state index is 11.1. The van der Waals surface area contributed by atoms with Gasteiger partial charge in [-0.05, 0) is 6.92 Å². The first kappa shape index (κ1) is 11.1. The Labute approximate surface area is 86.1 Å². The lowest BCUT2D eigenvalue weighted by molar-refractivity contribution is 0.561. The quantitative estimate of drug-likeness (QED) is 0.542. The van der Waals surface area contributed by atoms with Gasteiger partial charge in [-0.3, -0.25) is 4.79 Å². The number of hydrogen-bond donors (Lipinski definition) is 0. The number of carbonyl (C=O) groups excluding carboxylic acids is 1. The predicted molar refractivity (Wildman–Crippen MR) is 49.7 cm³/mol. The summed E-state index contributed by atoms with van der Waals surface area (Å²) in [5.74, 6) is 0. The van der Waals surface area contributed by atoms with Gasteiger partial charge >= 0.3 is 0 Å². The van der Waals surface area contributed by atoms with Gasteiger partial charge in [0, 0.05) is 6.26 Å². The minimum Gasteiger partial charge on any atom is -0.285 e. The number of hydrogen-bond acceptors (Lipinski definition) is 5. The van der Waals surface area contributed by atoms with Crippen LogP contribution >= 0.6 is 11.6 Å². The molecular formula is C7H6ClN2O3S. The number of sulfone groups is 1. The van der Waals surface area contributed by atoms with E-state index in [-0.39, 0.29) is 21.6 Å². The monoisotopic (exact) mass is 233 g/mol. The van der Waals surface area contributed by atoms with Crippen LogP contribution < -0.4 is 0 Å². The van der Waals surface area contributed by atoms with Crippen LogP contribution in [-0.2, 0) is 14.6 Å². The molecule has 0 saturated heterocycles. The predicted octanol–water partition coefficient (Wildman–Crippen LogP) is 0.300. The second-order valence-electron chi connectivity index (χ2n) is 2.63. The molecule has 14 heavy (non-hydrogen) atoms. The van der Waals surface area contributed by atoms with Crippen LogP contribution in [0.3, 0.4) is 0 Å². The highest BCUT2D eigenvalue weighted by Gasteiger charge is 2.16. The molecule has 0 aliphatic rings. The molecule has 0 aliphatic carbocycles. The van der Waals surface area contributed by atoms with Crippen molar-refractivity contribution in [3.63, 3.8) is 0 Å². The lowest BCUT2D eigenvalue weighted by atomic mass is 10.3. The van der Waals surface area contributed by atoms with E-state index in [9.17, 15) is 13.2 Å². The third-order valence-electron chi connectivity index (χ3n) is 1.46. The van der Waals surface area contributed by atoms with Crippen molar-refractivity contribution in [3.8, 4) is 0 Å². The van der Waals surface area contributed by atoms with Crippen LogP contribution in [0.5, 0.6) is 0 Å². The van der Waals surface area contributed by atoms with E-state index in [4.69, 9.17) is 11.6 Å². The van der Waals surface area contributed by atoms with Gasteiger partial charge in [0.1, 0.15) is 5.15 Å². The lowest BCUT2D eigenvalue weighted by Crippen LogP contribution is -2.08. The molecule has 1 aromatic rings. The Bertz CT molecular complexity index is 461. The van der Waals surface area contributed by atoms with Gasteiger partial charge in [-0.25, -0.2) is 18.4 Å². The molecule has 0 spiro atoms. The van der Waals surface area contributed by atoms with Gasteiger partial charge in [-0.2, -0.15) is 0 Å². The van der Waals surface area contributed by atoms with Gasteiger partial charge < -0.3 is 0 Å². The topological polar surface area (TPSA) is 77.0 Å². The summed E-state index contributed by atoms with van der Waals surface area (Å²) in [7, 11) is -3.51. The number of rotatable bonds is 2. The van der Waals surface area contributed by atoms with Gasteiger partial charge in [-0.15, -0.1) is 0 Å². The first-order valence-electron chi connectivity index (χ1n) is 3.48. The maximum Gasteiger partial charge on any atom is 0.248 e. The third kappa shape index (κ3) is 2.08. The minimum atomic E-state index is -3.51. The van der Waals surface area contributed by atoms with Crippen LogP contribution in [0.1, 0.15) is 11.3 Å². The molecule has 1 aromatic heterocycles. The average Bonchev–Trinajstić information content (AvgIpc) is 2.01. The molecule has 0 bridgehead atoms. The summed E-state index contributed by atoms with van der Waals surface area (Å²) in [6.45, 7) is 1.46. The van der Waals surface area contributed by atoms with Crippen molar-refractivity contribution in [1.29, 1.82) is 0 Å². The Morgan fingerprint density at radius 3 is 2.29 bits per heavy atom. The Morgan fingerprint density at radius 1 is 1.36 bits per heavy atom. The number of aryl methyl sites for hydroxylation is 1. The normalized spacial score (nSPS) is 11.4. The highest BCUT2D eigenvalue weighted by molar-refractivity contribution is 7.90. The molecule has 0 N–H and O–H groups in total. The number of aromatic nitrogens is 2. The van der Waals surface area contributed by atoms with Gasteiger partial charge in [0.15, 0.2) is 0 Å². The molecule has 1 heterocycles. The van der Waals surface area contributed by atoms with Gasteiger partial charge in [0.25, 0.3) is 0 Å². The molecule has 0 aliphatic heterocycles. The van der Waals surface area contributed by atoms with E-state index < -0.39 is 9.84 Å². The third-order valence-corrected chi connectivity index (χ3v) is 2.58.